The minimum absolute atomic E-state index is 0.0338. The van der Waals surface area contributed by atoms with Gasteiger partial charge in [0.25, 0.3) is 5.91 Å². The number of sulfonamides is 1. The summed E-state index contributed by atoms with van der Waals surface area (Å²) in [6, 6.07) is 19.1. The number of aromatic nitrogens is 3. The predicted molar refractivity (Wildman–Crippen MR) is 124 cm³/mol. The topological polar surface area (TPSA) is 106 Å². The molecule has 0 aliphatic heterocycles. The number of hydrogen-bond acceptors (Lipinski definition) is 5. The van der Waals surface area contributed by atoms with Crippen LogP contribution in [0.15, 0.2) is 90.3 Å². The molecule has 0 saturated carbocycles. The van der Waals surface area contributed by atoms with Gasteiger partial charge in [-0.15, -0.1) is 0 Å². The largest absolute Gasteiger partial charge is 0.348 e. The van der Waals surface area contributed by atoms with Crippen molar-refractivity contribution in [3.8, 4) is 0 Å². The fourth-order valence-corrected chi connectivity index (χ4v) is 4.37. The molecule has 1 heterocycles. The van der Waals surface area contributed by atoms with Crippen LogP contribution < -0.4 is 10.0 Å². The number of amides is 1. The van der Waals surface area contributed by atoms with Crippen LogP contribution in [0.4, 0.5) is 4.39 Å². The number of carbonyl (C=O) groups is 1. The van der Waals surface area contributed by atoms with E-state index in [1.165, 1.54) is 36.7 Å². The van der Waals surface area contributed by atoms with Gasteiger partial charge in [0.2, 0.25) is 10.0 Å². The van der Waals surface area contributed by atoms with Gasteiger partial charge in [-0.2, -0.15) is 5.10 Å². The second-order valence-corrected chi connectivity index (χ2v) is 9.34. The number of carbonyl (C=O) groups excluding carboxylic acids is 1. The van der Waals surface area contributed by atoms with Gasteiger partial charge in [-0.1, -0.05) is 36.4 Å². The van der Waals surface area contributed by atoms with Crippen LogP contribution in [0.25, 0.3) is 0 Å². The third-order valence-electron chi connectivity index (χ3n) is 5.04. The predicted octanol–water partition coefficient (Wildman–Crippen LogP) is 2.87. The lowest BCUT2D eigenvalue weighted by molar-refractivity contribution is 0.0951. The standard InChI is InChI=1S/C24H22FN5O3S/c25-22-5-1-3-19(11-22)14-29-34(32,33)23-6-2-4-20(12-23)13-27-24(31)21-9-7-18(8-10-21)15-30-17-26-16-28-30/h1-12,16-17,29H,13-15H2,(H,27,31). The van der Waals surface area contributed by atoms with Crippen LogP contribution in [-0.4, -0.2) is 29.1 Å². The third kappa shape index (κ3) is 6.12. The van der Waals surface area contributed by atoms with Crippen molar-refractivity contribution >= 4 is 15.9 Å². The Morgan fingerprint density at radius 2 is 1.65 bits per heavy atom. The first kappa shape index (κ1) is 23.3. The lowest BCUT2D eigenvalue weighted by Crippen LogP contribution is -2.24. The highest BCUT2D eigenvalue weighted by Crippen LogP contribution is 2.13. The van der Waals surface area contributed by atoms with E-state index in [1.54, 1.807) is 41.3 Å². The van der Waals surface area contributed by atoms with Crippen LogP contribution in [0.3, 0.4) is 0 Å². The molecule has 0 unspecified atom stereocenters. The highest BCUT2D eigenvalue weighted by atomic mass is 32.2. The quantitative estimate of drug-likeness (QED) is 0.384. The van der Waals surface area contributed by atoms with Crippen molar-refractivity contribution in [3.63, 3.8) is 0 Å². The van der Waals surface area contributed by atoms with Gasteiger partial charge in [0.05, 0.1) is 11.4 Å². The van der Waals surface area contributed by atoms with Gasteiger partial charge in [-0.05, 0) is 53.1 Å². The van der Waals surface area contributed by atoms with Crippen molar-refractivity contribution in [2.75, 3.05) is 0 Å². The molecule has 174 valence electrons. The number of hydrogen-bond donors (Lipinski definition) is 2. The molecule has 4 aromatic rings. The summed E-state index contributed by atoms with van der Waals surface area (Å²) < 4.78 is 42.8. The summed E-state index contributed by atoms with van der Waals surface area (Å²) in [5, 5.41) is 6.85. The number of nitrogens with one attached hydrogen (secondary N) is 2. The third-order valence-corrected chi connectivity index (χ3v) is 6.44. The zero-order chi connectivity index (χ0) is 24.0. The maximum absolute atomic E-state index is 13.3. The lowest BCUT2D eigenvalue weighted by Gasteiger charge is -2.10. The first-order chi connectivity index (χ1) is 16.4. The molecule has 0 saturated heterocycles. The van der Waals surface area contributed by atoms with E-state index in [9.17, 15) is 17.6 Å². The summed E-state index contributed by atoms with van der Waals surface area (Å²) in [5.74, 6) is -0.705. The van der Waals surface area contributed by atoms with Crippen LogP contribution in [0, 0.1) is 5.82 Å². The Hall–Kier alpha value is -3.89. The van der Waals surface area contributed by atoms with Gasteiger partial charge in [-0.3, -0.25) is 4.79 Å². The highest BCUT2D eigenvalue weighted by molar-refractivity contribution is 7.89. The van der Waals surface area contributed by atoms with Crippen molar-refractivity contribution < 1.29 is 17.6 Å². The maximum atomic E-state index is 13.3. The van der Waals surface area contributed by atoms with E-state index in [-0.39, 0.29) is 23.9 Å². The maximum Gasteiger partial charge on any atom is 0.251 e. The average molecular weight is 480 g/mol. The van der Waals surface area contributed by atoms with Gasteiger partial charge in [-0.25, -0.2) is 27.2 Å². The lowest BCUT2D eigenvalue weighted by atomic mass is 10.1. The van der Waals surface area contributed by atoms with Crippen molar-refractivity contribution in [2.45, 2.75) is 24.5 Å². The SMILES string of the molecule is O=C(NCc1cccc(S(=O)(=O)NCc2cccc(F)c2)c1)c1ccc(Cn2cncn2)cc1. The normalized spacial score (nSPS) is 11.3. The summed E-state index contributed by atoms with van der Waals surface area (Å²) in [5.41, 5.74) is 2.61. The molecule has 0 fully saturated rings. The molecule has 0 radical (unpaired) electrons. The van der Waals surface area contributed by atoms with Crippen molar-refractivity contribution in [1.29, 1.82) is 0 Å². The van der Waals surface area contributed by atoms with Crippen LogP contribution in [0.1, 0.15) is 27.0 Å². The second kappa shape index (κ2) is 10.4. The van der Waals surface area contributed by atoms with Crippen molar-refractivity contribution in [2.24, 2.45) is 0 Å². The molecule has 0 spiro atoms. The Morgan fingerprint density at radius 1 is 0.912 bits per heavy atom. The van der Waals surface area contributed by atoms with Gasteiger partial charge >= 0.3 is 0 Å². The number of benzene rings is 3. The number of nitrogens with zero attached hydrogens (tertiary/aromatic N) is 3. The highest BCUT2D eigenvalue weighted by Gasteiger charge is 2.15. The van der Waals surface area contributed by atoms with Crippen molar-refractivity contribution in [1.82, 2.24) is 24.8 Å². The molecular weight excluding hydrogens is 457 g/mol. The smallest absolute Gasteiger partial charge is 0.251 e. The molecule has 4 rings (SSSR count). The van der Waals surface area contributed by atoms with Crippen LogP contribution >= 0.6 is 0 Å². The fourth-order valence-electron chi connectivity index (χ4n) is 3.28. The molecule has 3 aromatic carbocycles. The molecule has 2 N–H and O–H groups in total. The minimum Gasteiger partial charge on any atom is -0.348 e. The van der Waals surface area contributed by atoms with Crippen LogP contribution in [0.2, 0.25) is 0 Å². The Morgan fingerprint density at radius 3 is 2.35 bits per heavy atom. The fraction of sp³-hybridized carbons (Fsp3) is 0.125. The molecule has 0 atom stereocenters. The molecule has 10 heteroatoms. The Balaban J connectivity index is 1.35. The molecule has 8 nitrogen and oxygen atoms in total. The molecule has 0 aliphatic rings. The molecule has 0 aliphatic carbocycles. The molecular formula is C24H22FN5O3S. The van der Waals surface area contributed by atoms with Gasteiger partial charge in [0.1, 0.15) is 18.5 Å². The van der Waals surface area contributed by atoms with E-state index in [1.807, 2.05) is 12.1 Å². The average Bonchev–Trinajstić information content (AvgIpc) is 3.35. The first-order valence-electron chi connectivity index (χ1n) is 10.4. The van der Waals surface area contributed by atoms with Gasteiger partial charge in [0, 0.05) is 18.7 Å². The minimum atomic E-state index is -3.81. The van der Waals surface area contributed by atoms with E-state index in [4.69, 9.17) is 0 Å². The van der Waals surface area contributed by atoms with E-state index >= 15 is 0 Å². The molecule has 1 aromatic heterocycles. The Bertz CT molecular complexity index is 1370. The summed E-state index contributed by atoms with van der Waals surface area (Å²) in [7, 11) is -3.81. The summed E-state index contributed by atoms with van der Waals surface area (Å²) in [6.07, 6.45) is 3.08. The van der Waals surface area contributed by atoms with Crippen molar-refractivity contribution in [3.05, 3.63) is 114 Å². The van der Waals surface area contributed by atoms with Crippen LogP contribution in [-0.2, 0) is 29.7 Å². The zero-order valence-electron chi connectivity index (χ0n) is 18.1. The number of halogens is 1. The Kier molecular flexibility index (Phi) is 7.09. The van der Waals surface area contributed by atoms with E-state index in [0.29, 0.717) is 23.2 Å². The Labute approximate surface area is 196 Å². The zero-order valence-corrected chi connectivity index (χ0v) is 18.9. The van der Waals surface area contributed by atoms with Gasteiger partial charge in [0.15, 0.2) is 0 Å². The van der Waals surface area contributed by atoms with Crippen LogP contribution in [0.5, 0.6) is 0 Å². The van der Waals surface area contributed by atoms with E-state index < -0.39 is 15.8 Å². The second-order valence-electron chi connectivity index (χ2n) is 7.57. The monoisotopic (exact) mass is 479 g/mol. The number of rotatable bonds is 9. The molecule has 0 bridgehead atoms. The summed E-state index contributed by atoms with van der Waals surface area (Å²) >= 11 is 0. The molecule has 1 amide bonds. The summed E-state index contributed by atoms with van der Waals surface area (Å²) in [6.45, 7) is 0.678. The van der Waals surface area contributed by atoms with E-state index in [0.717, 1.165) is 5.56 Å². The summed E-state index contributed by atoms with van der Waals surface area (Å²) in [4.78, 5) is 16.5. The van der Waals surface area contributed by atoms with Gasteiger partial charge < -0.3 is 5.32 Å². The van der Waals surface area contributed by atoms with E-state index in [2.05, 4.69) is 20.1 Å². The molecule has 34 heavy (non-hydrogen) atoms. The first-order valence-corrected chi connectivity index (χ1v) is 11.9.